The monoisotopic (exact) mass is 437 g/mol. The summed E-state index contributed by atoms with van der Waals surface area (Å²) in [6.07, 6.45) is 1.62. The molecule has 1 atom stereocenters. The largest absolute Gasteiger partial charge is 0.507 e. The number of nitrogens with zero attached hydrogens (tertiary/aromatic N) is 3. The lowest BCUT2D eigenvalue weighted by atomic mass is 9.98. The van der Waals surface area contributed by atoms with Crippen molar-refractivity contribution in [3.05, 3.63) is 65.5 Å². The Bertz CT molecular complexity index is 984. The number of benzene rings is 1. The molecule has 1 amide bonds. The number of aliphatic hydroxyl groups is 1. The first-order valence-corrected chi connectivity index (χ1v) is 10.8. The smallest absolute Gasteiger partial charge is 0.295 e. The van der Waals surface area contributed by atoms with E-state index in [0.29, 0.717) is 49.9 Å². The first-order chi connectivity index (χ1) is 15.6. The Balaban J connectivity index is 1.68. The zero-order valence-electron chi connectivity index (χ0n) is 18.1. The second kappa shape index (κ2) is 9.93. The third kappa shape index (κ3) is 4.51. The average molecular weight is 437 g/mol. The summed E-state index contributed by atoms with van der Waals surface area (Å²) in [5.74, 6) is -0.873. The van der Waals surface area contributed by atoms with E-state index in [1.165, 1.54) is 4.90 Å². The Labute approximate surface area is 187 Å². The Kier molecular flexibility index (Phi) is 6.82. The number of hydrogen-bond acceptors (Lipinski definition) is 7. The van der Waals surface area contributed by atoms with Gasteiger partial charge in [0.1, 0.15) is 17.6 Å². The van der Waals surface area contributed by atoms with Crippen LogP contribution in [0.1, 0.15) is 24.2 Å². The summed E-state index contributed by atoms with van der Waals surface area (Å²) in [5.41, 5.74) is 1.04. The first-order valence-electron chi connectivity index (χ1n) is 10.8. The minimum absolute atomic E-state index is 0.0554. The summed E-state index contributed by atoms with van der Waals surface area (Å²) in [7, 11) is 0. The molecule has 1 aromatic carbocycles. The summed E-state index contributed by atoms with van der Waals surface area (Å²) < 4.78 is 10.8. The summed E-state index contributed by atoms with van der Waals surface area (Å²) in [6.45, 7) is 6.25. The van der Waals surface area contributed by atoms with Gasteiger partial charge in [-0.15, -0.1) is 0 Å². The van der Waals surface area contributed by atoms with Gasteiger partial charge in [0, 0.05) is 37.9 Å². The van der Waals surface area contributed by atoms with Crippen molar-refractivity contribution in [2.75, 3.05) is 46.0 Å². The van der Waals surface area contributed by atoms with Crippen molar-refractivity contribution >= 4 is 17.4 Å². The van der Waals surface area contributed by atoms with E-state index in [-0.39, 0.29) is 11.3 Å². The van der Waals surface area contributed by atoms with Crippen LogP contribution in [0.15, 0.2) is 54.2 Å². The fraction of sp³-hybridized carbons (Fsp3) is 0.375. The lowest BCUT2D eigenvalue weighted by Crippen LogP contribution is -2.42. The molecule has 0 unspecified atom stereocenters. The summed E-state index contributed by atoms with van der Waals surface area (Å²) in [4.78, 5) is 34.1. The van der Waals surface area contributed by atoms with E-state index >= 15 is 0 Å². The van der Waals surface area contributed by atoms with Crippen LogP contribution in [0.5, 0.6) is 5.75 Å². The highest BCUT2D eigenvalue weighted by Gasteiger charge is 2.46. The third-order valence-electron chi connectivity index (χ3n) is 5.71. The van der Waals surface area contributed by atoms with Crippen molar-refractivity contribution in [2.24, 2.45) is 0 Å². The molecule has 1 aromatic heterocycles. The number of ketones is 1. The van der Waals surface area contributed by atoms with Gasteiger partial charge in [-0.05, 0) is 43.3 Å². The van der Waals surface area contributed by atoms with Gasteiger partial charge in [-0.2, -0.15) is 0 Å². The maximum absolute atomic E-state index is 13.0. The van der Waals surface area contributed by atoms with E-state index in [9.17, 15) is 14.7 Å². The number of aromatic nitrogens is 1. The molecule has 4 rings (SSSR count). The topological polar surface area (TPSA) is 92.2 Å². The predicted octanol–water partition coefficient (Wildman–Crippen LogP) is 2.23. The summed E-state index contributed by atoms with van der Waals surface area (Å²) >= 11 is 0. The molecule has 0 radical (unpaired) electrons. The Hall–Kier alpha value is -3.23. The average Bonchev–Trinajstić information content (AvgIpc) is 3.09. The lowest BCUT2D eigenvalue weighted by molar-refractivity contribution is -0.140. The van der Waals surface area contributed by atoms with Crippen LogP contribution in [0.25, 0.3) is 5.76 Å². The molecule has 8 heteroatoms. The van der Waals surface area contributed by atoms with Gasteiger partial charge < -0.3 is 19.5 Å². The highest BCUT2D eigenvalue weighted by atomic mass is 16.5. The van der Waals surface area contributed by atoms with Crippen LogP contribution in [0.2, 0.25) is 0 Å². The molecular weight excluding hydrogens is 410 g/mol. The molecule has 0 aliphatic carbocycles. The molecule has 0 bridgehead atoms. The van der Waals surface area contributed by atoms with Crippen LogP contribution in [0.4, 0.5) is 0 Å². The number of morpholine rings is 1. The number of carbonyl (C=O) groups is 2. The van der Waals surface area contributed by atoms with Crippen molar-refractivity contribution in [1.82, 2.24) is 14.8 Å². The molecule has 2 aromatic rings. The number of likely N-dealkylation sites (tertiary alicyclic amines) is 1. The highest BCUT2D eigenvalue weighted by molar-refractivity contribution is 6.46. The first kappa shape index (κ1) is 22.0. The quantitative estimate of drug-likeness (QED) is 0.403. The second-order valence-electron chi connectivity index (χ2n) is 7.66. The van der Waals surface area contributed by atoms with E-state index in [0.717, 1.165) is 13.1 Å². The molecule has 0 spiro atoms. The molecule has 168 valence electrons. The van der Waals surface area contributed by atoms with Crippen molar-refractivity contribution < 1.29 is 24.2 Å². The Morgan fingerprint density at radius 1 is 1.12 bits per heavy atom. The number of rotatable bonds is 7. The minimum atomic E-state index is -0.746. The van der Waals surface area contributed by atoms with E-state index in [4.69, 9.17) is 9.47 Å². The molecule has 3 heterocycles. The standard InChI is InChI=1S/C24H27N3O5/c1-2-32-18-8-6-17(7-9-18)22(28)20-21(19-5-3-4-10-25-19)27(24(30)23(20)29)12-11-26-13-15-31-16-14-26/h3-10,21,28H,2,11-16H2,1H3/t21-/m1/s1. The van der Waals surface area contributed by atoms with Crippen molar-refractivity contribution in [1.29, 1.82) is 0 Å². The molecule has 8 nitrogen and oxygen atoms in total. The van der Waals surface area contributed by atoms with Crippen LogP contribution >= 0.6 is 0 Å². The molecule has 2 saturated heterocycles. The molecule has 2 aliphatic rings. The molecule has 2 aliphatic heterocycles. The number of Topliss-reactive ketones (excluding diaryl/α,β-unsaturated/α-hetero) is 1. The third-order valence-corrected chi connectivity index (χ3v) is 5.71. The van der Waals surface area contributed by atoms with Crippen LogP contribution in [0, 0.1) is 0 Å². The maximum Gasteiger partial charge on any atom is 0.295 e. The van der Waals surface area contributed by atoms with Gasteiger partial charge in [0.2, 0.25) is 0 Å². The van der Waals surface area contributed by atoms with E-state index in [1.807, 2.05) is 6.92 Å². The molecule has 32 heavy (non-hydrogen) atoms. The lowest BCUT2D eigenvalue weighted by Gasteiger charge is -2.30. The van der Waals surface area contributed by atoms with Crippen LogP contribution in [0.3, 0.4) is 0 Å². The number of carbonyl (C=O) groups excluding carboxylic acids is 2. The second-order valence-corrected chi connectivity index (χ2v) is 7.66. The van der Waals surface area contributed by atoms with E-state index in [2.05, 4.69) is 9.88 Å². The molecule has 1 N–H and O–H groups in total. The maximum atomic E-state index is 13.0. The van der Waals surface area contributed by atoms with E-state index < -0.39 is 17.7 Å². The van der Waals surface area contributed by atoms with Gasteiger partial charge >= 0.3 is 0 Å². The van der Waals surface area contributed by atoms with Crippen LogP contribution in [-0.4, -0.2) is 77.6 Å². The number of ether oxygens (including phenoxy) is 2. The fourth-order valence-electron chi connectivity index (χ4n) is 4.06. The number of amides is 1. The fourth-order valence-corrected chi connectivity index (χ4v) is 4.06. The SMILES string of the molecule is CCOc1ccc(C(O)=C2C(=O)C(=O)N(CCN3CCOCC3)[C@@H]2c2ccccn2)cc1. The van der Waals surface area contributed by atoms with Gasteiger partial charge in [0.25, 0.3) is 11.7 Å². The van der Waals surface area contributed by atoms with Gasteiger partial charge in [-0.25, -0.2) is 0 Å². The predicted molar refractivity (Wildman–Crippen MR) is 118 cm³/mol. The molecule has 0 saturated carbocycles. The Morgan fingerprint density at radius 3 is 2.53 bits per heavy atom. The van der Waals surface area contributed by atoms with Gasteiger partial charge in [-0.3, -0.25) is 19.5 Å². The minimum Gasteiger partial charge on any atom is -0.507 e. The van der Waals surface area contributed by atoms with Gasteiger partial charge in [0.05, 0.1) is 31.1 Å². The number of pyridine rings is 1. The highest BCUT2D eigenvalue weighted by Crippen LogP contribution is 2.38. The van der Waals surface area contributed by atoms with Crippen LogP contribution in [-0.2, 0) is 14.3 Å². The number of aliphatic hydroxyl groups excluding tert-OH is 1. The van der Waals surface area contributed by atoms with Crippen molar-refractivity contribution in [2.45, 2.75) is 13.0 Å². The van der Waals surface area contributed by atoms with Crippen molar-refractivity contribution in [3.8, 4) is 5.75 Å². The van der Waals surface area contributed by atoms with Gasteiger partial charge in [0.15, 0.2) is 0 Å². The number of hydrogen-bond donors (Lipinski definition) is 1. The summed E-state index contributed by atoms with van der Waals surface area (Å²) in [6, 6.07) is 11.4. The zero-order chi connectivity index (χ0) is 22.5. The Morgan fingerprint density at radius 2 is 1.88 bits per heavy atom. The summed E-state index contributed by atoms with van der Waals surface area (Å²) in [5, 5.41) is 11.1. The van der Waals surface area contributed by atoms with Gasteiger partial charge in [-0.1, -0.05) is 6.07 Å². The van der Waals surface area contributed by atoms with Crippen molar-refractivity contribution in [3.63, 3.8) is 0 Å². The van der Waals surface area contributed by atoms with E-state index in [1.54, 1.807) is 48.7 Å². The molecular formula is C24H27N3O5. The zero-order valence-corrected chi connectivity index (χ0v) is 18.1. The molecule has 2 fully saturated rings. The van der Waals surface area contributed by atoms with Crippen LogP contribution < -0.4 is 4.74 Å². The normalized spacial score (nSPS) is 21.2.